The molecular weight excluding hydrogens is 479 g/mol. The molecular formula is C18H33IN4O3S. The smallest absolute Gasteiger partial charge is 0.215 e. The summed E-state index contributed by atoms with van der Waals surface area (Å²) in [5.74, 6) is 1.41. The van der Waals surface area contributed by atoms with Crippen LogP contribution in [0.5, 0.6) is 5.75 Å². The van der Waals surface area contributed by atoms with Crippen molar-refractivity contribution in [1.82, 2.24) is 14.9 Å². The van der Waals surface area contributed by atoms with Crippen molar-refractivity contribution in [3.63, 3.8) is 0 Å². The number of rotatable bonds is 10. The number of halogens is 1. The SMILES string of the molecule is CCN(CC)S(=O)(=O)CCNC(=NC)NCC(C)Oc1cccc(C)c1.I. The molecule has 0 aliphatic rings. The van der Waals surface area contributed by atoms with Crippen molar-refractivity contribution in [1.29, 1.82) is 0 Å². The van der Waals surface area contributed by atoms with E-state index in [1.807, 2.05) is 52.0 Å². The molecule has 1 rings (SSSR count). The maximum Gasteiger partial charge on any atom is 0.215 e. The Kier molecular flexibility index (Phi) is 12.6. The van der Waals surface area contributed by atoms with Gasteiger partial charge in [0.15, 0.2) is 5.96 Å². The zero-order chi connectivity index (χ0) is 19.6. The van der Waals surface area contributed by atoms with Gasteiger partial charge in [-0.15, -0.1) is 24.0 Å². The molecule has 1 aromatic rings. The lowest BCUT2D eigenvalue weighted by molar-refractivity contribution is 0.223. The molecule has 1 atom stereocenters. The number of nitrogens with one attached hydrogen (secondary N) is 2. The van der Waals surface area contributed by atoms with E-state index in [0.717, 1.165) is 11.3 Å². The highest BCUT2D eigenvalue weighted by Gasteiger charge is 2.18. The monoisotopic (exact) mass is 512 g/mol. The third kappa shape index (κ3) is 9.61. The number of aliphatic imine (C=N–C) groups is 1. The predicted molar refractivity (Wildman–Crippen MR) is 123 cm³/mol. The summed E-state index contributed by atoms with van der Waals surface area (Å²) in [6.07, 6.45) is -0.0604. The first-order valence-corrected chi connectivity index (χ1v) is 10.6. The van der Waals surface area contributed by atoms with Crippen molar-refractivity contribution in [2.24, 2.45) is 4.99 Å². The fourth-order valence-electron chi connectivity index (χ4n) is 2.47. The van der Waals surface area contributed by atoms with E-state index >= 15 is 0 Å². The van der Waals surface area contributed by atoms with Crippen LogP contribution in [0, 0.1) is 6.92 Å². The number of hydrogen-bond donors (Lipinski definition) is 2. The van der Waals surface area contributed by atoms with E-state index in [-0.39, 0.29) is 35.8 Å². The highest BCUT2D eigenvalue weighted by atomic mass is 127. The van der Waals surface area contributed by atoms with Crippen LogP contribution in [-0.4, -0.2) is 63.8 Å². The lowest BCUT2D eigenvalue weighted by Gasteiger charge is -2.20. The normalized spacial score (nSPS) is 13.0. The van der Waals surface area contributed by atoms with Gasteiger partial charge >= 0.3 is 0 Å². The van der Waals surface area contributed by atoms with E-state index < -0.39 is 10.0 Å². The molecule has 0 saturated carbocycles. The second kappa shape index (κ2) is 13.2. The molecule has 0 spiro atoms. The molecule has 0 saturated heterocycles. The molecule has 7 nitrogen and oxygen atoms in total. The van der Waals surface area contributed by atoms with E-state index in [1.165, 1.54) is 4.31 Å². The molecule has 27 heavy (non-hydrogen) atoms. The molecule has 0 bridgehead atoms. The number of hydrogen-bond acceptors (Lipinski definition) is 4. The molecule has 1 unspecified atom stereocenters. The first kappa shape index (κ1) is 25.9. The first-order valence-electron chi connectivity index (χ1n) is 8.98. The molecule has 0 heterocycles. The second-order valence-corrected chi connectivity index (χ2v) is 8.11. The Morgan fingerprint density at radius 3 is 2.48 bits per heavy atom. The van der Waals surface area contributed by atoms with Crippen molar-refractivity contribution in [3.8, 4) is 5.75 Å². The fraction of sp³-hybridized carbons (Fsp3) is 0.611. The average molecular weight is 512 g/mol. The predicted octanol–water partition coefficient (Wildman–Crippen LogP) is 2.22. The van der Waals surface area contributed by atoms with E-state index in [4.69, 9.17) is 4.74 Å². The molecule has 156 valence electrons. The largest absolute Gasteiger partial charge is 0.489 e. The minimum atomic E-state index is -3.24. The quantitative estimate of drug-likeness (QED) is 0.286. The molecule has 2 N–H and O–H groups in total. The molecule has 1 aromatic carbocycles. The first-order chi connectivity index (χ1) is 12.3. The van der Waals surface area contributed by atoms with Crippen LogP contribution >= 0.6 is 24.0 Å². The molecule has 0 amide bonds. The van der Waals surface area contributed by atoms with Crippen LogP contribution in [0.3, 0.4) is 0 Å². The van der Waals surface area contributed by atoms with E-state index in [1.54, 1.807) is 7.05 Å². The van der Waals surface area contributed by atoms with Crippen LogP contribution in [0.25, 0.3) is 0 Å². The standard InChI is InChI=1S/C18H32N4O3S.HI/c1-6-22(7-2)26(23,24)12-11-20-18(19-5)21-14-16(4)25-17-10-8-9-15(3)13-17;/h8-10,13,16H,6-7,11-12,14H2,1-5H3,(H2,19,20,21);1H. The summed E-state index contributed by atoms with van der Waals surface area (Å²) < 4.78 is 31.7. The van der Waals surface area contributed by atoms with Gasteiger partial charge in [-0.25, -0.2) is 12.7 Å². The Labute approximate surface area is 181 Å². The highest BCUT2D eigenvalue weighted by Crippen LogP contribution is 2.13. The lowest BCUT2D eigenvalue weighted by atomic mass is 10.2. The van der Waals surface area contributed by atoms with Crippen LogP contribution in [-0.2, 0) is 10.0 Å². The van der Waals surface area contributed by atoms with Crippen molar-refractivity contribution >= 4 is 40.0 Å². The van der Waals surface area contributed by atoms with Gasteiger partial charge in [-0.3, -0.25) is 4.99 Å². The summed E-state index contributed by atoms with van der Waals surface area (Å²) in [5.41, 5.74) is 1.15. The molecule has 0 aliphatic carbocycles. The van der Waals surface area contributed by atoms with Crippen molar-refractivity contribution in [3.05, 3.63) is 29.8 Å². The van der Waals surface area contributed by atoms with Gasteiger partial charge in [-0.1, -0.05) is 26.0 Å². The van der Waals surface area contributed by atoms with Crippen LogP contribution in [0.4, 0.5) is 0 Å². The Bertz CT molecular complexity index is 679. The van der Waals surface area contributed by atoms with Crippen LogP contribution in [0.2, 0.25) is 0 Å². The maximum atomic E-state index is 12.2. The average Bonchev–Trinajstić information content (AvgIpc) is 2.58. The highest BCUT2D eigenvalue weighted by molar-refractivity contribution is 14.0. The van der Waals surface area contributed by atoms with E-state index in [9.17, 15) is 8.42 Å². The summed E-state index contributed by atoms with van der Waals surface area (Å²) >= 11 is 0. The fourth-order valence-corrected chi connectivity index (χ4v) is 3.87. The summed E-state index contributed by atoms with van der Waals surface area (Å²) in [7, 11) is -1.59. The van der Waals surface area contributed by atoms with Crippen LogP contribution < -0.4 is 15.4 Å². The topological polar surface area (TPSA) is 83.0 Å². The lowest BCUT2D eigenvalue weighted by Crippen LogP contribution is -2.44. The summed E-state index contributed by atoms with van der Waals surface area (Å²) in [6.45, 7) is 9.48. The van der Waals surface area contributed by atoms with Gasteiger partial charge in [0, 0.05) is 26.7 Å². The Balaban J connectivity index is 0.00000676. The summed E-state index contributed by atoms with van der Waals surface area (Å²) in [6, 6.07) is 7.89. The number of benzene rings is 1. The molecule has 0 aliphatic heterocycles. The third-order valence-corrected chi connectivity index (χ3v) is 5.88. The number of guanidine groups is 1. The van der Waals surface area contributed by atoms with Gasteiger partial charge in [0.2, 0.25) is 10.0 Å². The molecule has 0 fully saturated rings. The zero-order valence-electron chi connectivity index (χ0n) is 16.9. The Morgan fingerprint density at radius 1 is 1.26 bits per heavy atom. The number of ether oxygens (including phenoxy) is 1. The minimum absolute atomic E-state index is 0. The van der Waals surface area contributed by atoms with Crippen LogP contribution in [0.1, 0.15) is 26.3 Å². The van der Waals surface area contributed by atoms with Gasteiger partial charge in [-0.05, 0) is 31.5 Å². The van der Waals surface area contributed by atoms with Crippen molar-refractivity contribution in [2.45, 2.75) is 33.8 Å². The van der Waals surface area contributed by atoms with Gasteiger partial charge in [0.1, 0.15) is 11.9 Å². The Morgan fingerprint density at radius 2 is 1.93 bits per heavy atom. The molecule has 0 aromatic heterocycles. The number of sulfonamides is 1. The molecule has 9 heteroatoms. The van der Waals surface area contributed by atoms with E-state index in [2.05, 4.69) is 15.6 Å². The summed E-state index contributed by atoms with van der Waals surface area (Å²) in [4.78, 5) is 4.12. The third-order valence-electron chi connectivity index (χ3n) is 3.86. The number of aryl methyl sites for hydroxylation is 1. The second-order valence-electron chi connectivity index (χ2n) is 6.03. The van der Waals surface area contributed by atoms with Gasteiger partial charge in [0.05, 0.1) is 12.3 Å². The van der Waals surface area contributed by atoms with Crippen molar-refractivity contribution in [2.75, 3.05) is 39.0 Å². The van der Waals surface area contributed by atoms with Crippen molar-refractivity contribution < 1.29 is 13.2 Å². The Hall–Kier alpha value is -1.07. The summed E-state index contributed by atoms with van der Waals surface area (Å²) in [5, 5.41) is 6.19. The maximum absolute atomic E-state index is 12.2. The van der Waals surface area contributed by atoms with Gasteiger partial charge in [-0.2, -0.15) is 0 Å². The minimum Gasteiger partial charge on any atom is -0.489 e. The zero-order valence-corrected chi connectivity index (χ0v) is 20.0. The van der Waals surface area contributed by atoms with Crippen LogP contribution in [0.15, 0.2) is 29.3 Å². The molecule has 0 radical (unpaired) electrons. The number of nitrogens with zero attached hydrogens (tertiary/aromatic N) is 2. The van der Waals surface area contributed by atoms with Gasteiger partial charge < -0.3 is 15.4 Å². The van der Waals surface area contributed by atoms with Gasteiger partial charge in [0.25, 0.3) is 0 Å². The van der Waals surface area contributed by atoms with E-state index in [0.29, 0.717) is 32.1 Å².